The van der Waals surface area contributed by atoms with E-state index in [1.54, 1.807) is 31.4 Å². The van der Waals surface area contributed by atoms with Gasteiger partial charge in [-0.1, -0.05) is 17.7 Å². The van der Waals surface area contributed by atoms with Crippen molar-refractivity contribution in [1.82, 2.24) is 14.5 Å². The molecular formula is C29H33N5O2. The lowest BCUT2D eigenvalue weighted by molar-refractivity contribution is 0.102. The molecule has 1 aliphatic heterocycles. The van der Waals surface area contributed by atoms with E-state index < -0.39 is 0 Å². The monoisotopic (exact) mass is 483 g/mol. The molecule has 1 N–H and O–H groups in total. The van der Waals surface area contributed by atoms with Crippen LogP contribution in [-0.2, 0) is 13.5 Å². The Hall–Kier alpha value is -3.84. The Morgan fingerprint density at radius 2 is 1.69 bits per heavy atom. The van der Waals surface area contributed by atoms with Gasteiger partial charge in [-0.05, 0) is 61.5 Å². The summed E-state index contributed by atoms with van der Waals surface area (Å²) in [7, 11) is 3.67. The van der Waals surface area contributed by atoms with Gasteiger partial charge in [0.15, 0.2) is 0 Å². The van der Waals surface area contributed by atoms with E-state index in [-0.39, 0.29) is 5.91 Å². The third-order valence-corrected chi connectivity index (χ3v) is 7.01. The Kier molecular flexibility index (Phi) is 6.91. The number of nitrogens with one attached hydrogen (secondary N) is 1. The van der Waals surface area contributed by atoms with E-state index in [1.807, 2.05) is 18.2 Å². The van der Waals surface area contributed by atoms with Gasteiger partial charge >= 0.3 is 0 Å². The molecule has 2 heterocycles. The first kappa shape index (κ1) is 23.9. The normalized spacial score (nSPS) is 14.2. The Labute approximate surface area is 212 Å². The van der Waals surface area contributed by atoms with Crippen molar-refractivity contribution in [3.8, 4) is 5.75 Å². The van der Waals surface area contributed by atoms with Gasteiger partial charge in [0.1, 0.15) is 11.6 Å². The maximum Gasteiger partial charge on any atom is 0.255 e. The fourth-order valence-corrected chi connectivity index (χ4v) is 4.74. The van der Waals surface area contributed by atoms with E-state index in [4.69, 9.17) is 9.72 Å². The average Bonchev–Trinajstić information content (AvgIpc) is 3.22. The topological polar surface area (TPSA) is 62.6 Å². The van der Waals surface area contributed by atoms with Crippen molar-refractivity contribution in [2.45, 2.75) is 13.3 Å². The van der Waals surface area contributed by atoms with Crippen molar-refractivity contribution in [2.75, 3.05) is 50.1 Å². The van der Waals surface area contributed by atoms with Crippen molar-refractivity contribution in [2.24, 2.45) is 7.05 Å². The van der Waals surface area contributed by atoms with E-state index in [1.165, 1.54) is 11.3 Å². The summed E-state index contributed by atoms with van der Waals surface area (Å²) in [5.41, 5.74) is 5.89. The smallest absolute Gasteiger partial charge is 0.255 e. The summed E-state index contributed by atoms with van der Waals surface area (Å²) in [5.74, 6) is 1.63. The lowest BCUT2D eigenvalue weighted by atomic mass is 10.2. The number of aryl methyl sites for hydroxylation is 2. The second-order valence-corrected chi connectivity index (χ2v) is 9.39. The van der Waals surface area contributed by atoms with Gasteiger partial charge in [0.25, 0.3) is 5.91 Å². The first-order valence-corrected chi connectivity index (χ1v) is 12.4. The highest BCUT2D eigenvalue weighted by molar-refractivity contribution is 6.05. The van der Waals surface area contributed by atoms with Crippen LogP contribution in [0.3, 0.4) is 0 Å². The van der Waals surface area contributed by atoms with E-state index in [0.29, 0.717) is 5.56 Å². The van der Waals surface area contributed by atoms with Crippen molar-refractivity contribution >= 4 is 28.3 Å². The molecule has 0 saturated carbocycles. The summed E-state index contributed by atoms with van der Waals surface area (Å²) in [5, 5.41) is 2.98. The number of carbonyl (C=O) groups is 1. The Balaban J connectivity index is 1.19. The van der Waals surface area contributed by atoms with E-state index in [9.17, 15) is 4.79 Å². The molecule has 0 atom stereocenters. The third kappa shape index (κ3) is 5.21. The summed E-state index contributed by atoms with van der Waals surface area (Å²) in [6.45, 7) is 7.31. The number of fused-ring (bicyclic) bond motifs is 1. The molecule has 1 saturated heterocycles. The van der Waals surface area contributed by atoms with Crippen molar-refractivity contribution in [1.29, 1.82) is 0 Å². The number of carbonyl (C=O) groups excluding carboxylic acids is 1. The highest BCUT2D eigenvalue weighted by Gasteiger charge is 2.18. The molecule has 5 rings (SSSR count). The number of aromatic nitrogens is 2. The zero-order valence-corrected chi connectivity index (χ0v) is 21.2. The highest BCUT2D eigenvalue weighted by Crippen LogP contribution is 2.22. The van der Waals surface area contributed by atoms with Crippen LogP contribution in [0.4, 0.5) is 11.4 Å². The summed E-state index contributed by atoms with van der Waals surface area (Å²) in [4.78, 5) is 22.5. The van der Waals surface area contributed by atoms with Crippen LogP contribution in [0, 0.1) is 6.92 Å². The molecule has 0 radical (unpaired) electrons. The number of piperazine rings is 1. The molecule has 36 heavy (non-hydrogen) atoms. The predicted octanol–water partition coefficient (Wildman–Crippen LogP) is 4.51. The Morgan fingerprint density at radius 1 is 0.972 bits per heavy atom. The third-order valence-electron chi connectivity index (χ3n) is 7.01. The van der Waals surface area contributed by atoms with Gasteiger partial charge in [-0.2, -0.15) is 0 Å². The van der Waals surface area contributed by atoms with Crippen LogP contribution in [0.15, 0.2) is 66.7 Å². The number of hydrogen-bond acceptors (Lipinski definition) is 5. The number of methoxy groups -OCH3 is 1. The van der Waals surface area contributed by atoms with Gasteiger partial charge in [0.05, 0.1) is 18.1 Å². The van der Waals surface area contributed by atoms with Crippen molar-refractivity contribution in [3.05, 3.63) is 83.7 Å². The molecule has 0 unspecified atom stereocenters. The molecular weight excluding hydrogens is 450 g/mol. The number of amides is 1. The quantitative estimate of drug-likeness (QED) is 0.419. The molecule has 4 aromatic rings. The first-order chi connectivity index (χ1) is 17.5. The maximum atomic E-state index is 12.6. The van der Waals surface area contributed by atoms with E-state index >= 15 is 0 Å². The molecule has 0 bridgehead atoms. The second-order valence-electron chi connectivity index (χ2n) is 9.39. The van der Waals surface area contributed by atoms with Crippen LogP contribution in [0.2, 0.25) is 0 Å². The number of imidazole rings is 1. The molecule has 3 aromatic carbocycles. The standard InChI is InChI=1S/C29H33N5O2/c1-21-4-9-24(10-5-21)34-18-16-33(17-19-34)15-14-28-31-26-20-23(8-13-27(26)32(28)2)30-29(35)22-6-11-25(36-3)12-7-22/h4-13,20H,14-19H2,1-3H3,(H,30,35). The zero-order chi connectivity index (χ0) is 25.1. The van der Waals surface area contributed by atoms with Crippen LogP contribution in [0.25, 0.3) is 11.0 Å². The summed E-state index contributed by atoms with van der Waals surface area (Å²) in [6.07, 6.45) is 0.892. The number of ether oxygens (including phenoxy) is 1. The van der Waals surface area contributed by atoms with Gasteiger partial charge in [-0.25, -0.2) is 4.98 Å². The lowest BCUT2D eigenvalue weighted by Crippen LogP contribution is -2.47. The molecule has 7 nitrogen and oxygen atoms in total. The Morgan fingerprint density at radius 3 is 2.39 bits per heavy atom. The minimum Gasteiger partial charge on any atom is -0.497 e. The highest BCUT2D eigenvalue weighted by atomic mass is 16.5. The lowest BCUT2D eigenvalue weighted by Gasteiger charge is -2.36. The number of benzene rings is 3. The van der Waals surface area contributed by atoms with Gasteiger partial charge in [-0.15, -0.1) is 0 Å². The molecule has 1 aromatic heterocycles. The van der Waals surface area contributed by atoms with Gasteiger partial charge in [0.2, 0.25) is 0 Å². The van der Waals surface area contributed by atoms with Crippen LogP contribution < -0.4 is 15.0 Å². The molecule has 1 amide bonds. The zero-order valence-electron chi connectivity index (χ0n) is 21.2. The number of anilines is 2. The Bertz CT molecular complexity index is 1340. The maximum absolute atomic E-state index is 12.6. The fourth-order valence-electron chi connectivity index (χ4n) is 4.74. The van der Waals surface area contributed by atoms with Gasteiger partial charge < -0.3 is 19.5 Å². The molecule has 1 fully saturated rings. The summed E-state index contributed by atoms with van der Waals surface area (Å²) >= 11 is 0. The van der Waals surface area contributed by atoms with Crippen molar-refractivity contribution < 1.29 is 9.53 Å². The number of nitrogens with zero attached hydrogens (tertiary/aromatic N) is 4. The molecule has 0 aliphatic carbocycles. The molecule has 1 aliphatic rings. The van der Waals surface area contributed by atoms with Crippen LogP contribution in [0.1, 0.15) is 21.7 Å². The SMILES string of the molecule is COc1ccc(C(=O)Nc2ccc3c(c2)nc(CCN2CCN(c4ccc(C)cc4)CC2)n3C)cc1. The number of hydrogen-bond donors (Lipinski definition) is 1. The first-order valence-electron chi connectivity index (χ1n) is 12.4. The number of rotatable bonds is 7. The summed E-state index contributed by atoms with van der Waals surface area (Å²) in [6, 6.07) is 21.8. The molecule has 0 spiro atoms. The minimum atomic E-state index is -0.155. The van der Waals surface area contributed by atoms with Gasteiger partial charge in [-0.3, -0.25) is 9.69 Å². The fraction of sp³-hybridized carbons (Fsp3) is 0.310. The van der Waals surface area contributed by atoms with Crippen LogP contribution >= 0.6 is 0 Å². The predicted molar refractivity (Wildman–Crippen MR) is 145 cm³/mol. The largest absolute Gasteiger partial charge is 0.497 e. The van der Waals surface area contributed by atoms with Gasteiger partial charge in [0, 0.05) is 63.1 Å². The van der Waals surface area contributed by atoms with E-state index in [2.05, 4.69) is 57.9 Å². The molecule has 7 heteroatoms. The van der Waals surface area contributed by atoms with Crippen molar-refractivity contribution in [3.63, 3.8) is 0 Å². The van der Waals surface area contributed by atoms with Crippen LogP contribution in [-0.4, -0.2) is 60.2 Å². The summed E-state index contributed by atoms with van der Waals surface area (Å²) < 4.78 is 7.33. The average molecular weight is 484 g/mol. The minimum absolute atomic E-state index is 0.155. The van der Waals surface area contributed by atoms with E-state index in [0.717, 1.165) is 67.4 Å². The van der Waals surface area contributed by atoms with Crippen LogP contribution in [0.5, 0.6) is 5.75 Å². The molecule has 186 valence electrons. The second kappa shape index (κ2) is 10.4.